The Bertz CT molecular complexity index is 577. The zero-order chi connectivity index (χ0) is 16.7. The Morgan fingerprint density at radius 2 is 2.00 bits per heavy atom. The molecule has 0 aromatic carbocycles. The molecule has 0 aliphatic heterocycles. The third-order valence-corrected chi connectivity index (χ3v) is 4.11. The molecule has 0 unspecified atom stereocenters. The summed E-state index contributed by atoms with van der Waals surface area (Å²) in [6.07, 6.45) is 8.50. The highest BCUT2D eigenvalue weighted by atomic mass is 16.5. The number of carbonyl (C=O) groups excluding carboxylic acids is 1. The lowest BCUT2D eigenvalue weighted by atomic mass is 9.81. The van der Waals surface area contributed by atoms with Crippen LogP contribution in [0.4, 0.5) is 0 Å². The number of hydroxylamine groups is 1. The highest BCUT2D eigenvalue weighted by molar-refractivity contribution is 5.90. The van der Waals surface area contributed by atoms with Crippen LogP contribution in [0.1, 0.15) is 43.4 Å². The third-order valence-electron chi connectivity index (χ3n) is 4.11. The molecule has 124 valence electrons. The maximum atomic E-state index is 11.6. The van der Waals surface area contributed by atoms with Gasteiger partial charge in [-0.15, -0.1) is 0 Å². The molecule has 0 spiro atoms. The van der Waals surface area contributed by atoms with Crippen molar-refractivity contribution in [3.8, 4) is 0 Å². The van der Waals surface area contributed by atoms with Gasteiger partial charge in [0.05, 0.1) is 5.69 Å². The molecule has 1 heterocycles. The van der Waals surface area contributed by atoms with Gasteiger partial charge in [0.2, 0.25) is 0 Å². The van der Waals surface area contributed by atoms with Crippen molar-refractivity contribution in [2.24, 2.45) is 0 Å². The highest BCUT2D eigenvalue weighted by Crippen LogP contribution is 2.28. The second-order valence-corrected chi connectivity index (χ2v) is 5.69. The van der Waals surface area contributed by atoms with Crippen molar-refractivity contribution in [2.75, 3.05) is 0 Å². The van der Waals surface area contributed by atoms with Crippen molar-refractivity contribution in [1.29, 1.82) is 0 Å². The zero-order valence-electron chi connectivity index (χ0n) is 12.8. The molecular weight excluding hydrogens is 298 g/mol. The quantitative estimate of drug-likeness (QED) is 0.359. The van der Waals surface area contributed by atoms with Crippen LogP contribution in [0.3, 0.4) is 0 Å². The van der Waals surface area contributed by atoms with Gasteiger partial charge in [-0.3, -0.25) is 25.1 Å². The lowest BCUT2D eigenvalue weighted by molar-refractivity contribution is -0.146. The highest BCUT2D eigenvalue weighted by Gasteiger charge is 2.38. The molecule has 7 nitrogen and oxygen atoms in total. The van der Waals surface area contributed by atoms with E-state index in [0.29, 0.717) is 24.9 Å². The van der Waals surface area contributed by atoms with Gasteiger partial charge in [0, 0.05) is 18.8 Å². The van der Waals surface area contributed by atoms with Crippen LogP contribution in [0.15, 0.2) is 24.4 Å². The molecule has 4 N–H and O–H groups in total. The predicted octanol–water partition coefficient (Wildman–Crippen LogP) is 1.48. The van der Waals surface area contributed by atoms with Crippen LogP contribution < -0.4 is 10.8 Å². The Morgan fingerprint density at radius 3 is 2.57 bits per heavy atom. The molecule has 1 fully saturated rings. The van der Waals surface area contributed by atoms with Gasteiger partial charge in [-0.25, -0.2) is 5.48 Å². The number of hydrogen-bond acceptors (Lipinski definition) is 5. The van der Waals surface area contributed by atoms with Crippen LogP contribution in [0.5, 0.6) is 0 Å². The molecule has 0 atom stereocenters. The summed E-state index contributed by atoms with van der Waals surface area (Å²) in [4.78, 5) is 26.7. The summed E-state index contributed by atoms with van der Waals surface area (Å²) in [7, 11) is 0. The number of amides is 1. The molecule has 1 aliphatic carbocycles. The standard InChI is InChI=1S/C16H21N3O4/c20-14(19-23)7-5-12-4-6-13(17-10-12)11-18-16(15(21)22)8-2-1-3-9-16/h4-7,10,18,23H,1-3,8-9,11H2,(H,19,20)(H,21,22). The number of hydrogen-bond donors (Lipinski definition) is 4. The number of nitrogens with one attached hydrogen (secondary N) is 2. The molecule has 0 radical (unpaired) electrons. The first-order chi connectivity index (χ1) is 11.1. The van der Waals surface area contributed by atoms with Crippen LogP contribution in [0, 0.1) is 0 Å². The molecule has 1 aromatic rings. The largest absolute Gasteiger partial charge is 0.480 e. The smallest absolute Gasteiger partial charge is 0.323 e. The van der Waals surface area contributed by atoms with E-state index >= 15 is 0 Å². The van der Waals surface area contributed by atoms with Gasteiger partial charge < -0.3 is 5.11 Å². The van der Waals surface area contributed by atoms with Crippen molar-refractivity contribution in [1.82, 2.24) is 15.8 Å². The maximum absolute atomic E-state index is 11.6. The summed E-state index contributed by atoms with van der Waals surface area (Å²) in [5, 5.41) is 21.1. The van der Waals surface area contributed by atoms with Gasteiger partial charge in [-0.2, -0.15) is 0 Å². The van der Waals surface area contributed by atoms with Crippen molar-refractivity contribution >= 4 is 18.0 Å². The molecule has 2 rings (SSSR count). The fourth-order valence-electron chi connectivity index (χ4n) is 2.73. The molecular formula is C16H21N3O4. The van der Waals surface area contributed by atoms with Crippen LogP contribution in [-0.4, -0.2) is 32.7 Å². The first-order valence-corrected chi connectivity index (χ1v) is 7.61. The second kappa shape index (κ2) is 7.85. The van der Waals surface area contributed by atoms with Gasteiger partial charge in [0.1, 0.15) is 5.54 Å². The van der Waals surface area contributed by atoms with E-state index in [9.17, 15) is 14.7 Å². The van der Waals surface area contributed by atoms with Gasteiger partial charge in [-0.1, -0.05) is 25.3 Å². The van der Waals surface area contributed by atoms with E-state index in [4.69, 9.17) is 5.21 Å². The molecule has 1 aliphatic rings. The first kappa shape index (κ1) is 17.1. The Labute approximate surface area is 134 Å². The molecule has 1 aromatic heterocycles. The normalized spacial score (nSPS) is 17.1. The second-order valence-electron chi connectivity index (χ2n) is 5.69. The van der Waals surface area contributed by atoms with Crippen LogP contribution in [0.2, 0.25) is 0 Å². The summed E-state index contributed by atoms with van der Waals surface area (Å²) < 4.78 is 0. The van der Waals surface area contributed by atoms with Crippen molar-refractivity contribution in [3.63, 3.8) is 0 Å². The van der Waals surface area contributed by atoms with E-state index in [-0.39, 0.29) is 0 Å². The summed E-state index contributed by atoms with van der Waals surface area (Å²) in [6.45, 7) is 0.382. The lowest BCUT2D eigenvalue weighted by Gasteiger charge is -2.34. The number of carbonyl (C=O) groups is 2. The molecule has 7 heteroatoms. The Morgan fingerprint density at radius 1 is 1.26 bits per heavy atom. The van der Waals surface area contributed by atoms with Crippen LogP contribution in [-0.2, 0) is 16.1 Å². The van der Waals surface area contributed by atoms with E-state index in [0.717, 1.165) is 25.0 Å². The number of aliphatic carboxylic acids is 1. The zero-order valence-corrected chi connectivity index (χ0v) is 12.8. The van der Waals surface area contributed by atoms with E-state index in [1.165, 1.54) is 17.6 Å². The number of carboxylic acids is 1. The first-order valence-electron chi connectivity index (χ1n) is 7.61. The third kappa shape index (κ3) is 4.61. The predicted molar refractivity (Wildman–Crippen MR) is 83.5 cm³/mol. The Hall–Kier alpha value is -2.25. The van der Waals surface area contributed by atoms with Gasteiger partial charge >= 0.3 is 5.97 Å². The minimum absolute atomic E-state index is 0.382. The molecule has 0 saturated heterocycles. The van der Waals surface area contributed by atoms with E-state index < -0.39 is 17.4 Å². The summed E-state index contributed by atoms with van der Waals surface area (Å²) >= 11 is 0. The number of carboxylic acid groups (broad SMARTS) is 1. The Kier molecular flexibility index (Phi) is 5.84. The van der Waals surface area contributed by atoms with Gasteiger partial charge in [-0.05, 0) is 30.5 Å². The SMILES string of the molecule is O=C(C=Cc1ccc(CNC2(C(=O)O)CCCCC2)nc1)NO. The molecule has 1 amide bonds. The topological polar surface area (TPSA) is 112 Å². The molecule has 1 saturated carbocycles. The summed E-state index contributed by atoms with van der Waals surface area (Å²) in [6, 6.07) is 3.56. The fourth-order valence-corrected chi connectivity index (χ4v) is 2.73. The van der Waals surface area contributed by atoms with Gasteiger partial charge in [0.25, 0.3) is 5.91 Å². The fraction of sp³-hybridized carbons (Fsp3) is 0.438. The molecule has 0 bridgehead atoms. The lowest BCUT2D eigenvalue weighted by Crippen LogP contribution is -2.52. The van der Waals surface area contributed by atoms with E-state index in [1.54, 1.807) is 18.3 Å². The summed E-state index contributed by atoms with van der Waals surface area (Å²) in [5.41, 5.74) is 2.10. The average Bonchev–Trinajstić information content (AvgIpc) is 2.59. The number of pyridine rings is 1. The molecule has 23 heavy (non-hydrogen) atoms. The Balaban J connectivity index is 1.96. The van der Waals surface area contributed by atoms with Crippen LogP contribution in [0.25, 0.3) is 6.08 Å². The van der Waals surface area contributed by atoms with E-state index in [2.05, 4.69) is 10.3 Å². The average molecular weight is 319 g/mol. The monoisotopic (exact) mass is 319 g/mol. The minimum atomic E-state index is -0.849. The minimum Gasteiger partial charge on any atom is -0.480 e. The van der Waals surface area contributed by atoms with E-state index in [1.807, 2.05) is 0 Å². The van der Waals surface area contributed by atoms with Crippen LogP contribution >= 0.6 is 0 Å². The number of aromatic nitrogens is 1. The van der Waals surface area contributed by atoms with Crippen molar-refractivity contribution in [3.05, 3.63) is 35.7 Å². The number of nitrogens with zero attached hydrogens (tertiary/aromatic N) is 1. The number of rotatable bonds is 6. The summed E-state index contributed by atoms with van der Waals surface area (Å²) in [5.74, 6) is -1.41. The van der Waals surface area contributed by atoms with Crippen molar-refractivity contribution < 1.29 is 19.9 Å². The van der Waals surface area contributed by atoms with Crippen molar-refractivity contribution in [2.45, 2.75) is 44.2 Å². The maximum Gasteiger partial charge on any atom is 0.323 e. The van der Waals surface area contributed by atoms with Gasteiger partial charge in [0.15, 0.2) is 0 Å².